The molecule has 0 fully saturated rings. The van der Waals surface area contributed by atoms with Crippen molar-refractivity contribution in [1.82, 2.24) is 0 Å². The van der Waals surface area contributed by atoms with Crippen molar-refractivity contribution in [1.29, 1.82) is 0 Å². The van der Waals surface area contributed by atoms with Crippen molar-refractivity contribution >= 4 is 17.9 Å². The summed E-state index contributed by atoms with van der Waals surface area (Å²) in [5, 5.41) is 0.486. The van der Waals surface area contributed by atoms with Gasteiger partial charge in [0, 0.05) is 21.7 Å². The van der Waals surface area contributed by atoms with Crippen molar-refractivity contribution < 1.29 is 9.18 Å². The Kier molecular flexibility index (Phi) is 3.02. The molecule has 0 spiro atoms. The van der Waals surface area contributed by atoms with E-state index in [1.54, 1.807) is 36.4 Å². The van der Waals surface area contributed by atoms with E-state index in [0.717, 1.165) is 0 Å². The van der Waals surface area contributed by atoms with Gasteiger partial charge in [-0.3, -0.25) is 4.79 Å². The van der Waals surface area contributed by atoms with Crippen molar-refractivity contribution in [3.63, 3.8) is 0 Å². The minimum Gasteiger partial charge on any atom is -0.298 e. The molecule has 0 unspecified atom stereocenters. The highest BCUT2D eigenvalue weighted by Gasteiger charge is 2.08. The smallest absolute Gasteiger partial charge is 0.150 e. The highest BCUT2D eigenvalue weighted by Crippen LogP contribution is 2.29. The summed E-state index contributed by atoms with van der Waals surface area (Å²) in [6.07, 6.45) is 0.611. The fourth-order valence-electron chi connectivity index (χ4n) is 1.50. The summed E-state index contributed by atoms with van der Waals surface area (Å²) in [4.78, 5) is 10.5. The van der Waals surface area contributed by atoms with Crippen LogP contribution in [0, 0.1) is 5.82 Å². The van der Waals surface area contributed by atoms with Gasteiger partial charge in [0.2, 0.25) is 0 Å². The minimum absolute atomic E-state index is 0.313. The molecule has 0 aliphatic heterocycles. The molecule has 0 aromatic heterocycles. The molecule has 0 saturated carbocycles. The van der Waals surface area contributed by atoms with E-state index in [1.807, 2.05) is 0 Å². The zero-order valence-electron chi connectivity index (χ0n) is 8.28. The molecule has 0 atom stereocenters. The fraction of sp³-hybridized carbons (Fsp3) is 0. The molecule has 2 aromatic rings. The number of benzene rings is 2. The van der Waals surface area contributed by atoms with E-state index in [-0.39, 0.29) is 0 Å². The van der Waals surface area contributed by atoms with Gasteiger partial charge in [-0.15, -0.1) is 0 Å². The second-order valence-electron chi connectivity index (χ2n) is 3.34. The Morgan fingerprint density at radius 3 is 2.44 bits per heavy atom. The third-order valence-corrected chi connectivity index (χ3v) is 2.62. The summed E-state index contributed by atoms with van der Waals surface area (Å²) in [5.41, 5.74) is 1.34. The van der Waals surface area contributed by atoms with Crippen LogP contribution in [0.5, 0.6) is 0 Å². The Bertz CT molecular complexity index is 537. The third-order valence-electron chi connectivity index (χ3n) is 2.29. The number of carbonyl (C=O) groups excluding carboxylic acids is 1. The molecule has 1 nitrogen and oxygen atoms in total. The summed E-state index contributed by atoms with van der Waals surface area (Å²) in [6, 6.07) is 11.3. The molecule has 0 bridgehead atoms. The summed E-state index contributed by atoms with van der Waals surface area (Å²) >= 11 is 5.97. The molecule has 16 heavy (non-hydrogen) atoms. The topological polar surface area (TPSA) is 17.1 Å². The van der Waals surface area contributed by atoms with E-state index in [4.69, 9.17) is 11.6 Å². The van der Waals surface area contributed by atoms with Crippen LogP contribution in [-0.4, -0.2) is 6.29 Å². The quantitative estimate of drug-likeness (QED) is 0.719. The number of rotatable bonds is 2. The number of halogens is 2. The van der Waals surface area contributed by atoms with Gasteiger partial charge < -0.3 is 0 Å². The van der Waals surface area contributed by atoms with Crippen LogP contribution in [0.25, 0.3) is 11.1 Å². The van der Waals surface area contributed by atoms with Crippen LogP contribution in [0.2, 0.25) is 5.02 Å². The average Bonchev–Trinajstić information content (AvgIpc) is 2.30. The zero-order valence-corrected chi connectivity index (χ0v) is 9.04. The molecule has 0 aliphatic carbocycles. The highest BCUT2D eigenvalue weighted by molar-refractivity contribution is 6.33. The molecule has 0 amide bonds. The van der Waals surface area contributed by atoms with E-state index in [2.05, 4.69) is 0 Å². The predicted molar refractivity (Wildman–Crippen MR) is 62.2 cm³/mol. The van der Waals surface area contributed by atoms with Crippen molar-refractivity contribution in [2.45, 2.75) is 0 Å². The summed E-state index contributed by atoms with van der Waals surface area (Å²) in [6.45, 7) is 0. The zero-order chi connectivity index (χ0) is 11.5. The van der Waals surface area contributed by atoms with Gasteiger partial charge in [0.15, 0.2) is 0 Å². The lowest BCUT2D eigenvalue weighted by molar-refractivity contribution is 0.112. The second-order valence-corrected chi connectivity index (χ2v) is 3.74. The first-order valence-corrected chi connectivity index (χ1v) is 5.10. The third kappa shape index (κ3) is 1.97. The SMILES string of the molecule is O=Cc1ccc(-c2ccccc2Cl)c(F)c1. The molecule has 0 radical (unpaired) electrons. The number of hydrogen-bond donors (Lipinski definition) is 0. The van der Waals surface area contributed by atoms with Gasteiger partial charge in [0.25, 0.3) is 0 Å². The van der Waals surface area contributed by atoms with Crippen LogP contribution in [0.4, 0.5) is 4.39 Å². The summed E-state index contributed by atoms with van der Waals surface area (Å²) in [5.74, 6) is -0.447. The first-order valence-electron chi connectivity index (χ1n) is 4.72. The van der Waals surface area contributed by atoms with Crippen LogP contribution < -0.4 is 0 Å². The lowest BCUT2D eigenvalue weighted by Crippen LogP contribution is -1.88. The minimum atomic E-state index is -0.447. The fourth-order valence-corrected chi connectivity index (χ4v) is 1.74. The monoisotopic (exact) mass is 234 g/mol. The van der Waals surface area contributed by atoms with Crippen LogP contribution in [0.3, 0.4) is 0 Å². The number of carbonyl (C=O) groups is 1. The first kappa shape index (κ1) is 10.8. The Morgan fingerprint density at radius 2 is 1.81 bits per heavy atom. The van der Waals surface area contributed by atoms with Crippen molar-refractivity contribution in [2.24, 2.45) is 0 Å². The van der Waals surface area contributed by atoms with Crippen LogP contribution in [0.1, 0.15) is 10.4 Å². The molecule has 2 rings (SSSR count). The maximum Gasteiger partial charge on any atom is 0.150 e. The standard InChI is InChI=1S/C13H8ClFO/c14-12-4-2-1-3-10(12)11-6-5-9(8-16)7-13(11)15/h1-8H. The van der Waals surface area contributed by atoms with Crippen LogP contribution in [-0.2, 0) is 0 Å². The Balaban J connectivity index is 2.57. The molecule has 80 valence electrons. The number of aldehydes is 1. The molecule has 2 aromatic carbocycles. The number of hydrogen-bond acceptors (Lipinski definition) is 1. The van der Waals surface area contributed by atoms with E-state index in [0.29, 0.717) is 28.0 Å². The summed E-state index contributed by atoms with van der Waals surface area (Å²) in [7, 11) is 0. The van der Waals surface area contributed by atoms with E-state index in [9.17, 15) is 9.18 Å². The second kappa shape index (κ2) is 4.45. The average molecular weight is 235 g/mol. The lowest BCUT2D eigenvalue weighted by Gasteiger charge is -2.05. The summed E-state index contributed by atoms with van der Waals surface area (Å²) < 4.78 is 13.7. The van der Waals surface area contributed by atoms with Crippen LogP contribution in [0.15, 0.2) is 42.5 Å². The van der Waals surface area contributed by atoms with Gasteiger partial charge >= 0.3 is 0 Å². The van der Waals surface area contributed by atoms with Crippen molar-refractivity contribution in [3.05, 3.63) is 58.9 Å². The van der Waals surface area contributed by atoms with Crippen molar-refractivity contribution in [2.75, 3.05) is 0 Å². The predicted octanol–water partition coefficient (Wildman–Crippen LogP) is 3.96. The van der Waals surface area contributed by atoms with Gasteiger partial charge in [0.05, 0.1) is 0 Å². The van der Waals surface area contributed by atoms with Gasteiger partial charge in [-0.2, -0.15) is 0 Å². The van der Waals surface area contributed by atoms with E-state index in [1.165, 1.54) is 6.07 Å². The Morgan fingerprint density at radius 1 is 1.06 bits per heavy atom. The largest absolute Gasteiger partial charge is 0.298 e. The molecule has 0 N–H and O–H groups in total. The molecule has 0 saturated heterocycles. The normalized spacial score (nSPS) is 10.1. The lowest BCUT2D eigenvalue weighted by atomic mass is 10.0. The van der Waals surface area contributed by atoms with E-state index < -0.39 is 5.82 Å². The molecule has 3 heteroatoms. The molecular formula is C13H8ClFO. The van der Waals surface area contributed by atoms with Crippen LogP contribution >= 0.6 is 11.6 Å². The van der Waals surface area contributed by atoms with Gasteiger partial charge in [-0.25, -0.2) is 4.39 Å². The maximum atomic E-state index is 13.7. The molecule has 0 heterocycles. The highest BCUT2D eigenvalue weighted by atomic mass is 35.5. The van der Waals surface area contributed by atoms with Gasteiger partial charge in [0.1, 0.15) is 12.1 Å². The first-order chi connectivity index (χ1) is 7.72. The molecule has 0 aliphatic rings. The maximum absolute atomic E-state index is 13.7. The Labute approximate surface area is 97.5 Å². The van der Waals surface area contributed by atoms with Gasteiger partial charge in [-0.1, -0.05) is 41.9 Å². The van der Waals surface area contributed by atoms with E-state index >= 15 is 0 Å². The van der Waals surface area contributed by atoms with Crippen molar-refractivity contribution in [3.8, 4) is 11.1 Å². The Hall–Kier alpha value is -1.67. The molecular weight excluding hydrogens is 227 g/mol. The van der Waals surface area contributed by atoms with Gasteiger partial charge in [-0.05, 0) is 12.1 Å².